The number of nitrogens with one attached hydrogen (secondary N) is 4. The van der Waals surface area contributed by atoms with Crippen molar-refractivity contribution >= 4 is 29.3 Å². The van der Waals surface area contributed by atoms with E-state index < -0.39 is 30.0 Å². The summed E-state index contributed by atoms with van der Waals surface area (Å²) in [5.74, 6) is -2.75. The molecule has 16 heteroatoms. The second-order valence-corrected chi connectivity index (χ2v) is 9.34. The molecule has 0 aliphatic rings. The molecule has 1 unspecified atom stereocenters. The van der Waals surface area contributed by atoms with E-state index in [-0.39, 0.29) is 5.84 Å². The van der Waals surface area contributed by atoms with E-state index in [0.717, 1.165) is 6.54 Å². The lowest BCUT2D eigenvalue weighted by Crippen LogP contribution is -2.45. The first-order chi connectivity index (χ1) is 21.2. The minimum atomic E-state index is -5.08. The Morgan fingerprint density at radius 1 is 0.978 bits per heavy atom. The summed E-state index contributed by atoms with van der Waals surface area (Å²) < 4.78 is 43.4. The van der Waals surface area contributed by atoms with Gasteiger partial charge in [0.1, 0.15) is 18.5 Å². The van der Waals surface area contributed by atoms with E-state index in [9.17, 15) is 22.8 Å². The molecule has 13 nitrogen and oxygen atoms in total. The zero-order chi connectivity index (χ0) is 33.6. The smallest absolute Gasteiger partial charge is 0.490 e. The molecule has 0 radical (unpaired) electrons. The van der Waals surface area contributed by atoms with Crippen molar-refractivity contribution in [2.75, 3.05) is 39.2 Å². The van der Waals surface area contributed by atoms with Gasteiger partial charge in [-0.1, -0.05) is 6.07 Å². The number of pyridine rings is 1. The molecule has 0 spiro atoms. The molecule has 0 saturated carbocycles. The maximum absolute atomic E-state index is 13.3. The Bertz CT molecular complexity index is 1440. The number of anilines is 1. The van der Waals surface area contributed by atoms with Crippen molar-refractivity contribution in [3.63, 3.8) is 0 Å². The number of aromatic nitrogens is 1. The van der Waals surface area contributed by atoms with Crippen molar-refractivity contribution in [1.82, 2.24) is 20.7 Å². The van der Waals surface area contributed by atoms with Crippen LogP contribution < -0.4 is 31.4 Å². The zero-order valence-electron chi connectivity index (χ0n) is 24.6. The average Bonchev–Trinajstić information content (AvgIpc) is 2.99. The Morgan fingerprint density at radius 2 is 1.60 bits per heavy atom. The number of benzene rings is 2. The molecular weight excluding hydrogens is 599 g/mol. The molecule has 0 aliphatic heterocycles. The van der Waals surface area contributed by atoms with Crippen molar-refractivity contribution in [2.45, 2.75) is 19.1 Å². The maximum atomic E-state index is 13.3. The van der Waals surface area contributed by atoms with Crippen molar-refractivity contribution < 1.29 is 42.1 Å². The number of carbonyl (C=O) groups excluding carboxylic acids is 2. The van der Waals surface area contributed by atoms with E-state index >= 15 is 0 Å². The quantitative estimate of drug-likeness (QED) is 0.0982. The molecule has 3 aromatic rings. The third-order valence-electron chi connectivity index (χ3n) is 5.65. The van der Waals surface area contributed by atoms with Gasteiger partial charge in [0.25, 0.3) is 11.8 Å². The lowest BCUT2D eigenvalue weighted by Gasteiger charge is -2.22. The van der Waals surface area contributed by atoms with Gasteiger partial charge in [0, 0.05) is 35.8 Å². The topological polar surface area (TPSA) is 192 Å². The molecule has 1 aromatic heterocycles. The van der Waals surface area contributed by atoms with Crippen molar-refractivity contribution in [2.24, 2.45) is 5.73 Å². The van der Waals surface area contributed by atoms with Gasteiger partial charge in [-0.25, -0.2) is 4.79 Å². The second kappa shape index (κ2) is 17.0. The summed E-state index contributed by atoms with van der Waals surface area (Å²) >= 11 is 0. The number of aliphatic carboxylic acids is 1. The molecule has 1 heterocycles. The zero-order valence-corrected chi connectivity index (χ0v) is 24.6. The third-order valence-corrected chi connectivity index (χ3v) is 5.65. The van der Waals surface area contributed by atoms with Crippen LogP contribution in [-0.2, 0) is 9.59 Å². The molecule has 2 amide bonds. The van der Waals surface area contributed by atoms with E-state index in [1.165, 1.54) is 24.5 Å². The number of hydrogen-bond acceptors (Lipinski definition) is 9. The van der Waals surface area contributed by atoms with Crippen LogP contribution in [0.3, 0.4) is 0 Å². The summed E-state index contributed by atoms with van der Waals surface area (Å²) in [4.78, 5) is 40.6. The number of likely N-dealkylation sites (N-methyl/N-ethyl adjacent to an activating group) is 1. The first-order valence-corrected chi connectivity index (χ1v) is 13.3. The van der Waals surface area contributed by atoms with Gasteiger partial charge >= 0.3 is 12.1 Å². The van der Waals surface area contributed by atoms with E-state index in [4.69, 9.17) is 30.5 Å². The highest BCUT2D eigenvalue weighted by atomic mass is 19.4. The minimum Gasteiger partial charge on any atom is -0.490 e. The Labute approximate surface area is 257 Å². The summed E-state index contributed by atoms with van der Waals surface area (Å²) in [7, 11) is 3.92. The monoisotopic (exact) mass is 633 g/mol. The third kappa shape index (κ3) is 12.0. The normalized spacial score (nSPS) is 11.4. The highest BCUT2D eigenvalue weighted by Gasteiger charge is 2.38. The fraction of sp³-hybridized carbons (Fsp3) is 0.276. The van der Waals surface area contributed by atoms with Crippen LogP contribution >= 0.6 is 0 Å². The minimum absolute atomic E-state index is 0.0594. The number of halogens is 3. The molecular formula is C29H34F3N7O6. The highest BCUT2D eigenvalue weighted by molar-refractivity contribution is 5.97. The molecule has 0 saturated heterocycles. The van der Waals surface area contributed by atoms with Crippen molar-refractivity contribution in [1.29, 1.82) is 5.41 Å². The van der Waals surface area contributed by atoms with E-state index in [2.05, 4.69) is 21.2 Å². The highest BCUT2D eigenvalue weighted by Crippen LogP contribution is 2.32. The fourth-order valence-corrected chi connectivity index (χ4v) is 3.41. The Hall–Kier alpha value is -5.38. The predicted octanol–water partition coefficient (Wildman–Crippen LogP) is 2.95. The summed E-state index contributed by atoms with van der Waals surface area (Å²) in [5, 5.41) is 17.9. The second-order valence-electron chi connectivity index (χ2n) is 9.34. The number of hydrazine groups is 1. The van der Waals surface area contributed by atoms with Crippen LogP contribution in [0.5, 0.6) is 11.5 Å². The van der Waals surface area contributed by atoms with Gasteiger partial charge in [-0.05, 0) is 75.1 Å². The molecule has 7 N–H and O–H groups in total. The molecule has 0 aliphatic carbocycles. The van der Waals surface area contributed by atoms with E-state index in [1.807, 2.05) is 25.9 Å². The summed E-state index contributed by atoms with van der Waals surface area (Å²) in [6.07, 6.45) is -2.10. The number of rotatable bonds is 12. The van der Waals surface area contributed by atoms with Gasteiger partial charge in [-0.2, -0.15) is 13.2 Å². The number of alkyl halides is 3. The van der Waals surface area contributed by atoms with Gasteiger partial charge < -0.3 is 30.5 Å². The lowest BCUT2D eigenvalue weighted by atomic mass is 10.0. The van der Waals surface area contributed by atoms with Crippen molar-refractivity contribution in [3.8, 4) is 11.5 Å². The SMILES string of the molecule is CCOc1cc(C(Nc2ccc(C(=N)N)cc2)C(=O)NNC(=O)c2ccncc2)ccc1OCCN(C)C.O=C(O)C(F)(F)F. The Balaban J connectivity index is 0.000000900. The maximum Gasteiger partial charge on any atom is 0.490 e. The van der Waals surface area contributed by atoms with Gasteiger partial charge in [0.15, 0.2) is 11.5 Å². The van der Waals surface area contributed by atoms with Crippen LogP contribution in [0.2, 0.25) is 0 Å². The van der Waals surface area contributed by atoms with Crippen LogP contribution in [0.25, 0.3) is 0 Å². The van der Waals surface area contributed by atoms with Gasteiger partial charge in [-0.3, -0.25) is 30.8 Å². The van der Waals surface area contributed by atoms with Crippen molar-refractivity contribution in [3.05, 3.63) is 83.7 Å². The fourth-order valence-electron chi connectivity index (χ4n) is 3.41. The number of carboxylic acid groups (broad SMARTS) is 1. The predicted molar refractivity (Wildman–Crippen MR) is 159 cm³/mol. The van der Waals surface area contributed by atoms with E-state index in [1.54, 1.807) is 42.5 Å². The van der Waals surface area contributed by atoms with Crippen LogP contribution in [0.4, 0.5) is 18.9 Å². The van der Waals surface area contributed by atoms with Gasteiger partial charge in [0.05, 0.1) is 6.61 Å². The van der Waals surface area contributed by atoms with Crippen LogP contribution in [0, 0.1) is 5.41 Å². The lowest BCUT2D eigenvalue weighted by molar-refractivity contribution is -0.192. The van der Waals surface area contributed by atoms with Crippen LogP contribution in [0.15, 0.2) is 67.0 Å². The Morgan fingerprint density at radius 3 is 2.13 bits per heavy atom. The molecule has 0 bridgehead atoms. The first kappa shape index (κ1) is 35.8. The number of ether oxygens (including phenoxy) is 2. The number of amidine groups is 1. The first-order valence-electron chi connectivity index (χ1n) is 13.3. The number of carboxylic acids is 1. The van der Waals surface area contributed by atoms with Gasteiger partial charge in [0.2, 0.25) is 0 Å². The number of nitrogens with zero attached hydrogens (tertiary/aromatic N) is 2. The average molecular weight is 634 g/mol. The molecule has 1 atom stereocenters. The molecule has 2 aromatic carbocycles. The van der Waals surface area contributed by atoms with Gasteiger partial charge in [-0.15, -0.1) is 0 Å². The molecule has 0 fully saturated rings. The summed E-state index contributed by atoms with van der Waals surface area (Å²) in [6.45, 7) is 3.47. The van der Waals surface area contributed by atoms with Crippen LogP contribution in [0.1, 0.15) is 34.5 Å². The molecule has 45 heavy (non-hydrogen) atoms. The number of hydrogen-bond donors (Lipinski definition) is 6. The summed E-state index contributed by atoms with van der Waals surface area (Å²) in [5.41, 5.74) is 12.6. The largest absolute Gasteiger partial charge is 0.490 e. The Kier molecular flexibility index (Phi) is 13.6. The standard InChI is InChI=1S/C27H33N7O4.C2HF3O2/c1-4-37-23-17-20(7-10-22(23)38-16-15-34(2)3)24(31-21-8-5-18(6-9-21)25(28)29)27(36)33-32-26(35)19-11-13-30-14-12-19;3-2(4,5)1(6)7/h5-14,17,24,31H,4,15-16H2,1-3H3,(H3,28,29)(H,32,35)(H,33,36);(H,6,7). The number of amides is 2. The summed E-state index contributed by atoms with van der Waals surface area (Å²) in [6, 6.07) is 14.2. The van der Waals surface area contributed by atoms with Crippen LogP contribution in [-0.4, -0.2) is 78.6 Å². The molecule has 242 valence electrons. The molecule has 3 rings (SSSR count). The number of nitrogens with two attached hydrogens (primary N) is 1. The number of nitrogen functional groups attached to an aromatic ring is 1. The number of carbonyl (C=O) groups is 3. The van der Waals surface area contributed by atoms with E-state index in [0.29, 0.717) is 47.1 Å².